The van der Waals surface area contributed by atoms with Gasteiger partial charge in [0.05, 0.1) is 5.69 Å². The Labute approximate surface area is 133 Å². The number of nitrogens with one attached hydrogen (secondary N) is 2. The van der Waals surface area contributed by atoms with Crippen LogP contribution in [0, 0.1) is 5.82 Å². The van der Waals surface area contributed by atoms with Crippen LogP contribution >= 0.6 is 0 Å². The van der Waals surface area contributed by atoms with Crippen molar-refractivity contribution in [3.05, 3.63) is 42.0 Å². The van der Waals surface area contributed by atoms with Crippen molar-refractivity contribution in [3.8, 4) is 0 Å². The molecule has 24 heavy (non-hydrogen) atoms. The largest absolute Gasteiger partial charge is 0.435 e. The first-order chi connectivity index (χ1) is 11.1. The van der Waals surface area contributed by atoms with Gasteiger partial charge in [0.1, 0.15) is 12.4 Å². The zero-order chi connectivity index (χ0) is 17.9. The van der Waals surface area contributed by atoms with Crippen LogP contribution in [-0.4, -0.2) is 21.6 Å². The van der Waals surface area contributed by atoms with Gasteiger partial charge in [0.2, 0.25) is 11.8 Å². The molecule has 1 aromatic heterocycles. The van der Waals surface area contributed by atoms with Crippen LogP contribution in [0.3, 0.4) is 0 Å². The fraction of sp³-hybridized carbons (Fsp3) is 0.214. The predicted molar refractivity (Wildman–Crippen MR) is 76.6 cm³/mol. The SMILES string of the molecule is CC(=O)Nc1ccc(F)c(NC(=O)Cn2ccc(C(F)(F)F)n2)c1. The Kier molecular flexibility index (Phi) is 4.86. The number of amides is 2. The molecule has 0 saturated heterocycles. The molecule has 0 aliphatic carbocycles. The molecule has 0 fully saturated rings. The van der Waals surface area contributed by atoms with E-state index < -0.39 is 30.1 Å². The van der Waals surface area contributed by atoms with Gasteiger partial charge < -0.3 is 10.6 Å². The van der Waals surface area contributed by atoms with E-state index in [1.807, 2.05) is 0 Å². The minimum atomic E-state index is -4.61. The maximum Gasteiger partial charge on any atom is 0.435 e. The molecule has 10 heteroatoms. The molecule has 0 radical (unpaired) electrons. The lowest BCUT2D eigenvalue weighted by Gasteiger charge is -2.09. The number of anilines is 2. The van der Waals surface area contributed by atoms with Crippen molar-refractivity contribution in [2.45, 2.75) is 19.6 Å². The fourth-order valence-corrected chi connectivity index (χ4v) is 1.84. The normalized spacial score (nSPS) is 11.2. The molecule has 0 aliphatic rings. The summed E-state index contributed by atoms with van der Waals surface area (Å²) in [6.45, 7) is 0.734. The van der Waals surface area contributed by atoms with E-state index in [0.29, 0.717) is 0 Å². The van der Waals surface area contributed by atoms with Gasteiger partial charge in [-0.3, -0.25) is 14.3 Å². The highest BCUT2D eigenvalue weighted by atomic mass is 19.4. The summed E-state index contributed by atoms with van der Waals surface area (Å²) in [6.07, 6.45) is -3.62. The molecule has 1 aromatic carbocycles. The fourth-order valence-electron chi connectivity index (χ4n) is 1.84. The average Bonchev–Trinajstić information content (AvgIpc) is 2.90. The van der Waals surface area contributed by atoms with Crippen molar-refractivity contribution in [2.75, 3.05) is 10.6 Å². The highest BCUT2D eigenvalue weighted by Gasteiger charge is 2.33. The summed E-state index contributed by atoms with van der Waals surface area (Å²) in [5.74, 6) is -1.91. The third kappa shape index (κ3) is 4.54. The van der Waals surface area contributed by atoms with Gasteiger partial charge in [-0.05, 0) is 24.3 Å². The van der Waals surface area contributed by atoms with E-state index in [4.69, 9.17) is 0 Å². The number of hydrogen-bond donors (Lipinski definition) is 2. The van der Waals surface area contributed by atoms with E-state index in [1.54, 1.807) is 0 Å². The molecular weight excluding hydrogens is 332 g/mol. The second-order valence-corrected chi connectivity index (χ2v) is 4.82. The minimum Gasteiger partial charge on any atom is -0.326 e. The Bertz CT molecular complexity index is 770. The first kappa shape index (κ1) is 17.4. The van der Waals surface area contributed by atoms with Crippen LogP contribution in [0.5, 0.6) is 0 Å². The van der Waals surface area contributed by atoms with Gasteiger partial charge in [0.25, 0.3) is 0 Å². The minimum absolute atomic E-state index is 0.213. The predicted octanol–water partition coefficient (Wildman–Crippen LogP) is 2.64. The molecule has 0 atom stereocenters. The van der Waals surface area contributed by atoms with Crippen LogP contribution in [-0.2, 0) is 22.3 Å². The van der Waals surface area contributed by atoms with Crippen molar-refractivity contribution in [1.29, 1.82) is 0 Å². The zero-order valence-electron chi connectivity index (χ0n) is 12.3. The van der Waals surface area contributed by atoms with Crippen molar-refractivity contribution < 1.29 is 27.2 Å². The van der Waals surface area contributed by atoms with Gasteiger partial charge in [-0.2, -0.15) is 18.3 Å². The van der Waals surface area contributed by atoms with Gasteiger partial charge in [0.15, 0.2) is 5.69 Å². The van der Waals surface area contributed by atoms with E-state index in [0.717, 1.165) is 23.0 Å². The number of aromatic nitrogens is 2. The van der Waals surface area contributed by atoms with Gasteiger partial charge in [-0.1, -0.05) is 0 Å². The molecule has 0 bridgehead atoms. The third-order valence-corrected chi connectivity index (χ3v) is 2.80. The van der Waals surface area contributed by atoms with E-state index in [2.05, 4.69) is 15.7 Å². The summed E-state index contributed by atoms with van der Waals surface area (Å²) in [7, 11) is 0. The Hall–Kier alpha value is -2.91. The zero-order valence-corrected chi connectivity index (χ0v) is 12.3. The Morgan fingerprint density at radius 3 is 2.50 bits per heavy atom. The smallest absolute Gasteiger partial charge is 0.326 e. The molecule has 2 aromatic rings. The van der Waals surface area contributed by atoms with Crippen LogP contribution in [0.15, 0.2) is 30.5 Å². The van der Waals surface area contributed by atoms with E-state index >= 15 is 0 Å². The molecule has 2 rings (SSSR count). The lowest BCUT2D eigenvalue weighted by atomic mass is 10.2. The molecule has 0 saturated carbocycles. The quantitative estimate of drug-likeness (QED) is 0.837. The maximum absolute atomic E-state index is 13.7. The van der Waals surface area contributed by atoms with Crippen molar-refractivity contribution in [3.63, 3.8) is 0 Å². The first-order valence-electron chi connectivity index (χ1n) is 6.63. The lowest BCUT2D eigenvalue weighted by Crippen LogP contribution is -2.20. The molecule has 1 heterocycles. The van der Waals surface area contributed by atoms with Crippen LogP contribution in [0.4, 0.5) is 28.9 Å². The monoisotopic (exact) mass is 344 g/mol. The van der Waals surface area contributed by atoms with E-state index in [-0.39, 0.29) is 17.3 Å². The van der Waals surface area contributed by atoms with Gasteiger partial charge in [-0.25, -0.2) is 4.39 Å². The summed E-state index contributed by atoms with van der Waals surface area (Å²) in [4.78, 5) is 22.8. The number of nitrogens with zero attached hydrogens (tertiary/aromatic N) is 2. The number of benzene rings is 1. The van der Waals surface area contributed by atoms with Crippen molar-refractivity contribution in [1.82, 2.24) is 9.78 Å². The van der Waals surface area contributed by atoms with E-state index in [9.17, 15) is 27.2 Å². The maximum atomic E-state index is 13.7. The lowest BCUT2D eigenvalue weighted by molar-refractivity contribution is -0.141. The van der Waals surface area contributed by atoms with Crippen LogP contribution < -0.4 is 10.6 Å². The number of halogens is 4. The first-order valence-corrected chi connectivity index (χ1v) is 6.63. The molecule has 0 spiro atoms. The number of alkyl halides is 3. The molecular formula is C14H12F4N4O2. The van der Waals surface area contributed by atoms with Crippen LogP contribution in [0.1, 0.15) is 12.6 Å². The molecule has 0 aliphatic heterocycles. The standard InChI is InChI=1S/C14H12F4N4O2/c1-8(23)19-9-2-3-10(15)11(6-9)20-13(24)7-22-5-4-12(21-22)14(16,17)18/h2-6H,7H2,1H3,(H,19,23)(H,20,24). The van der Waals surface area contributed by atoms with Crippen molar-refractivity contribution in [2.24, 2.45) is 0 Å². The summed E-state index contributed by atoms with van der Waals surface area (Å²) >= 11 is 0. The Morgan fingerprint density at radius 1 is 1.21 bits per heavy atom. The second-order valence-electron chi connectivity index (χ2n) is 4.82. The number of hydrogen-bond acceptors (Lipinski definition) is 3. The average molecular weight is 344 g/mol. The van der Waals surface area contributed by atoms with Crippen LogP contribution in [0.25, 0.3) is 0 Å². The highest BCUT2D eigenvalue weighted by molar-refractivity contribution is 5.93. The summed E-state index contributed by atoms with van der Waals surface area (Å²) < 4.78 is 51.7. The Morgan fingerprint density at radius 2 is 1.92 bits per heavy atom. The number of carbonyl (C=O) groups excluding carboxylic acids is 2. The van der Waals surface area contributed by atoms with Crippen molar-refractivity contribution >= 4 is 23.2 Å². The topological polar surface area (TPSA) is 76.0 Å². The third-order valence-electron chi connectivity index (χ3n) is 2.80. The number of carbonyl (C=O) groups is 2. The van der Waals surface area contributed by atoms with Gasteiger partial charge in [-0.15, -0.1) is 0 Å². The molecule has 128 valence electrons. The summed E-state index contributed by atoms with van der Waals surface area (Å²) in [5.41, 5.74) is -1.08. The molecule has 6 nitrogen and oxygen atoms in total. The van der Waals surface area contributed by atoms with Gasteiger partial charge >= 0.3 is 6.18 Å². The highest BCUT2D eigenvalue weighted by Crippen LogP contribution is 2.27. The summed E-state index contributed by atoms with van der Waals surface area (Å²) in [6, 6.07) is 4.26. The van der Waals surface area contributed by atoms with Gasteiger partial charge in [0, 0.05) is 18.8 Å². The molecule has 0 unspecified atom stereocenters. The Balaban J connectivity index is 2.07. The molecule has 2 N–H and O–H groups in total. The van der Waals surface area contributed by atoms with E-state index in [1.165, 1.54) is 19.1 Å². The second kappa shape index (κ2) is 6.69. The number of rotatable bonds is 4. The van der Waals surface area contributed by atoms with Crippen LogP contribution in [0.2, 0.25) is 0 Å². The molecule has 2 amide bonds. The summed E-state index contributed by atoms with van der Waals surface area (Å²) in [5, 5.41) is 7.85.